The Morgan fingerprint density at radius 1 is 0.922 bits per heavy atom. The van der Waals surface area contributed by atoms with E-state index in [1.54, 1.807) is 30.8 Å². The van der Waals surface area contributed by atoms with Crippen LogP contribution in [-0.2, 0) is 17.1 Å². The first-order chi connectivity index (χ1) is 30.6. The fourth-order valence-electron chi connectivity index (χ4n) is 7.89. The lowest BCUT2D eigenvalue weighted by atomic mass is 9.96. The summed E-state index contributed by atoms with van der Waals surface area (Å²) in [5.74, 6) is -1.03. The maximum Gasteiger partial charge on any atom is 0.338 e. The van der Waals surface area contributed by atoms with Crippen molar-refractivity contribution in [1.82, 2.24) is 9.47 Å². The molecule has 6 aromatic rings. The number of hydrogen-bond donors (Lipinski definition) is 3. The van der Waals surface area contributed by atoms with Crippen LogP contribution in [0.15, 0.2) is 125 Å². The molecule has 0 radical (unpaired) electrons. The van der Waals surface area contributed by atoms with Crippen LogP contribution in [0.4, 0.5) is 32.8 Å². The number of aromatic nitrogens is 1. The number of anilines is 4. The van der Waals surface area contributed by atoms with Crippen molar-refractivity contribution in [2.45, 2.75) is 29.2 Å². The summed E-state index contributed by atoms with van der Waals surface area (Å²) in [4.78, 5) is 31.1. The summed E-state index contributed by atoms with van der Waals surface area (Å²) in [5, 5.41) is 26.4. The average molecular weight is 927 g/mol. The molecule has 334 valence electrons. The van der Waals surface area contributed by atoms with Crippen molar-refractivity contribution in [2.24, 2.45) is 7.05 Å². The lowest BCUT2D eigenvalue weighted by Crippen LogP contribution is -2.46. The first-order valence-corrected chi connectivity index (χ1v) is 23.4. The minimum atomic E-state index is -4.35. The van der Waals surface area contributed by atoms with E-state index in [1.807, 2.05) is 102 Å². The summed E-state index contributed by atoms with van der Waals surface area (Å²) in [6.07, 6.45) is 0.690. The van der Waals surface area contributed by atoms with Gasteiger partial charge in [-0.1, -0.05) is 54.1 Å². The first-order valence-electron chi connectivity index (χ1n) is 20.6. The molecule has 1 aliphatic heterocycles. The molecule has 64 heavy (non-hydrogen) atoms. The third-order valence-corrected chi connectivity index (χ3v) is 14.1. The molecule has 0 aliphatic carbocycles. The largest absolute Gasteiger partial charge is 0.478 e. The van der Waals surface area contributed by atoms with Gasteiger partial charge in [0.1, 0.15) is 11.5 Å². The number of nitrogens with zero attached hydrogens (tertiary/aromatic N) is 5. The SMILES string of the molecule is Cc1c(C(=O)O)c(-c2cccc(N3CCN(c4ccc(NS(=O)(=O)c5ccc(N[C@H](CCN(C)C)CSc6ccccc6)c([N+](=O)[O-])c5)cc4F)CC3)c2)c(-c2ccc(Cl)cc2)n1C. The zero-order chi connectivity index (χ0) is 45.7. The molecule has 0 saturated carbocycles. The smallest absolute Gasteiger partial charge is 0.338 e. The molecule has 7 rings (SSSR count). The Morgan fingerprint density at radius 3 is 2.28 bits per heavy atom. The third kappa shape index (κ3) is 10.5. The molecular formula is C47H49ClFN7O6S2. The van der Waals surface area contributed by atoms with Crippen molar-refractivity contribution < 1.29 is 27.6 Å². The topological polar surface area (TPSA) is 153 Å². The number of sulfonamides is 1. The zero-order valence-corrected chi connectivity index (χ0v) is 38.2. The van der Waals surface area contributed by atoms with Crippen LogP contribution in [-0.4, -0.2) is 92.5 Å². The van der Waals surface area contributed by atoms with Gasteiger partial charge in [-0.3, -0.25) is 14.8 Å². The molecule has 1 atom stereocenters. The van der Waals surface area contributed by atoms with Crippen LogP contribution in [0.3, 0.4) is 0 Å². The van der Waals surface area contributed by atoms with Gasteiger partial charge in [0.15, 0.2) is 0 Å². The van der Waals surface area contributed by atoms with Crippen LogP contribution < -0.4 is 19.8 Å². The first kappa shape index (κ1) is 45.9. The Hall–Kier alpha value is -6.07. The lowest BCUT2D eigenvalue weighted by Gasteiger charge is -2.37. The number of nitro groups is 1. The number of halogens is 2. The van der Waals surface area contributed by atoms with Gasteiger partial charge in [-0.05, 0) is 106 Å². The second kappa shape index (κ2) is 19.8. The van der Waals surface area contributed by atoms with Gasteiger partial charge in [0.2, 0.25) is 0 Å². The minimum absolute atomic E-state index is 0.0295. The maximum atomic E-state index is 15.8. The maximum absolute atomic E-state index is 15.8. The predicted molar refractivity (Wildman–Crippen MR) is 255 cm³/mol. The van der Waals surface area contributed by atoms with Gasteiger partial charge < -0.3 is 29.7 Å². The van der Waals surface area contributed by atoms with Crippen LogP contribution in [0.2, 0.25) is 5.02 Å². The van der Waals surface area contributed by atoms with Gasteiger partial charge in [-0.2, -0.15) is 0 Å². The van der Waals surface area contributed by atoms with Gasteiger partial charge in [0.05, 0.1) is 32.5 Å². The van der Waals surface area contributed by atoms with Crippen LogP contribution in [0.1, 0.15) is 22.5 Å². The van der Waals surface area contributed by atoms with E-state index in [9.17, 15) is 28.4 Å². The Kier molecular flexibility index (Phi) is 14.2. The third-order valence-electron chi connectivity index (χ3n) is 11.3. The second-order valence-corrected chi connectivity index (χ2v) is 19.1. The molecule has 1 aromatic heterocycles. The Balaban J connectivity index is 1.03. The van der Waals surface area contributed by atoms with Gasteiger partial charge >= 0.3 is 5.97 Å². The average Bonchev–Trinajstić information content (AvgIpc) is 3.54. The second-order valence-electron chi connectivity index (χ2n) is 15.8. The number of thioether (sulfide) groups is 1. The number of carbonyl (C=O) groups is 1. The molecule has 3 N–H and O–H groups in total. The lowest BCUT2D eigenvalue weighted by molar-refractivity contribution is -0.384. The van der Waals surface area contributed by atoms with E-state index in [1.165, 1.54) is 24.3 Å². The number of carboxylic acid groups (broad SMARTS) is 1. The molecule has 1 fully saturated rings. The highest BCUT2D eigenvalue weighted by Gasteiger charge is 2.28. The zero-order valence-electron chi connectivity index (χ0n) is 35.8. The summed E-state index contributed by atoms with van der Waals surface area (Å²) in [7, 11) is 1.40. The van der Waals surface area contributed by atoms with Gasteiger partial charge in [-0.25, -0.2) is 17.6 Å². The van der Waals surface area contributed by atoms with E-state index in [-0.39, 0.29) is 27.9 Å². The van der Waals surface area contributed by atoms with Crippen molar-refractivity contribution in [3.63, 3.8) is 0 Å². The van der Waals surface area contributed by atoms with Crippen LogP contribution in [0, 0.1) is 22.9 Å². The van der Waals surface area contributed by atoms with Gasteiger partial charge in [-0.15, -0.1) is 11.8 Å². The monoisotopic (exact) mass is 925 g/mol. The van der Waals surface area contributed by atoms with E-state index in [0.29, 0.717) is 60.3 Å². The number of hydrogen-bond acceptors (Lipinski definition) is 10. The summed E-state index contributed by atoms with van der Waals surface area (Å²) in [6, 6.07) is 32.5. The highest BCUT2D eigenvalue weighted by atomic mass is 35.5. The van der Waals surface area contributed by atoms with Crippen molar-refractivity contribution >= 4 is 67.8 Å². The molecule has 0 bridgehead atoms. The van der Waals surface area contributed by atoms with Gasteiger partial charge in [0, 0.05) is 84.0 Å². The minimum Gasteiger partial charge on any atom is -0.478 e. The fraction of sp³-hybridized carbons (Fsp3) is 0.255. The van der Waals surface area contributed by atoms with Crippen LogP contribution in [0.25, 0.3) is 22.4 Å². The number of aromatic carboxylic acids is 1. The van der Waals surface area contributed by atoms with Crippen molar-refractivity contribution in [3.8, 4) is 22.4 Å². The highest BCUT2D eigenvalue weighted by Crippen LogP contribution is 2.41. The fourth-order valence-corrected chi connectivity index (χ4v) is 10.1. The predicted octanol–water partition coefficient (Wildman–Crippen LogP) is 9.72. The number of nitrogens with one attached hydrogen (secondary N) is 2. The summed E-state index contributed by atoms with van der Waals surface area (Å²) in [6.45, 7) is 4.51. The molecule has 0 amide bonds. The number of rotatable bonds is 17. The van der Waals surface area contributed by atoms with Crippen molar-refractivity contribution in [2.75, 3.05) is 72.4 Å². The van der Waals surface area contributed by atoms with E-state index in [4.69, 9.17) is 11.6 Å². The van der Waals surface area contributed by atoms with E-state index in [2.05, 4.69) is 14.9 Å². The number of nitro benzene ring substituents is 1. The quantitative estimate of drug-likeness (QED) is 0.0455. The van der Waals surface area contributed by atoms with E-state index >= 15 is 4.39 Å². The van der Waals surface area contributed by atoms with Crippen molar-refractivity contribution in [3.05, 3.63) is 147 Å². The summed E-state index contributed by atoms with van der Waals surface area (Å²) < 4.78 is 47.2. The summed E-state index contributed by atoms with van der Waals surface area (Å²) in [5.41, 5.74) is 4.75. The molecule has 13 nitrogen and oxygen atoms in total. The standard InChI is InChI=1S/C47H49ClFN7O6S2/c1-31-44(47(57)58)45(46(53(31)4)32-13-15-34(48)16-14-32)33-9-8-10-37(27-33)54-23-25-55(26-24-54)42-20-17-35(28-40(42)49)51-64(61,62)39-18-19-41(43(29-39)56(59)60)50-36(21-22-52(2)3)30-63-38-11-6-5-7-12-38/h5-20,27-29,36,50-51H,21-26,30H2,1-4H3,(H,57,58)/t36-/m1/s1. The molecular weight excluding hydrogens is 877 g/mol. The Labute approximate surface area is 381 Å². The molecule has 0 unspecified atom stereocenters. The normalized spacial score (nSPS) is 13.5. The molecule has 17 heteroatoms. The Bertz CT molecular complexity index is 2760. The van der Waals surface area contributed by atoms with E-state index in [0.717, 1.165) is 46.1 Å². The molecule has 1 saturated heterocycles. The molecule has 0 spiro atoms. The van der Waals surface area contributed by atoms with Crippen LogP contribution >= 0.6 is 23.4 Å². The molecule has 2 heterocycles. The van der Waals surface area contributed by atoms with Crippen LogP contribution in [0.5, 0.6) is 0 Å². The summed E-state index contributed by atoms with van der Waals surface area (Å²) >= 11 is 7.80. The Morgan fingerprint density at radius 2 is 1.62 bits per heavy atom. The van der Waals surface area contributed by atoms with Crippen molar-refractivity contribution in [1.29, 1.82) is 0 Å². The number of carboxylic acids is 1. The van der Waals surface area contributed by atoms with Gasteiger partial charge in [0.25, 0.3) is 15.7 Å². The van der Waals surface area contributed by atoms with E-state index < -0.39 is 32.4 Å². The number of benzene rings is 5. The highest BCUT2D eigenvalue weighted by molar-refractivity contribution is 7.99. The molecule has 1 aliphatic rings. The number of piperazine rings is 1. The molecule has 5 aromatic carbocycles.